The molecule has 124 valence electrons. The Kier molecular flexibility index (Phi) is 3.47. The molecule has 0 saturated heterocycles. The summed E-state index contributed by atoms with van der Waals surface area (Å²) in [6, 6.07) is 23.2. The summed E-state index contributed by atoms with van der Waals surface area (Å²) >= 11 is 1.78. The van der Waals surface area contributed by atoms with Crippen molar-refractivity contribution in [3.63, 3.8) is 0 Å². The van der Waals surface area contributed by atoms with E-state index in [2.05, 4.69) is 59.0 Å². The molecule has 0 bridgehead atoms. The van der Waals surface area contributed by atoms with E-state index in [1.807, 2.05) is 36.7 Å². The number of aliphatic imine (C=N–C) groups is 1. The Balaban J connectivity index is 1.81. The molecule has 3 heteroatoms. The van der Waals surface area contributed by atoms with Crippen LogP contribution in [0, 0.1) is 0 Å². The fraction of sp³-hybridized carbons (Fsp3) is 0. The van der Waals surface area contributed by atoms with Gasteiger partial charge in [0, 0.05) is 20.9 Å². The van der Waals surface area contributed by atoms with Gasteiger partial charge >= 0.3 is 0 Å². The number of hydrogen-bond acceptors (Lipinski definition) is 2. The SMILES string of the molecule is C=Cc1ccccc1/N=C/n1c2ccccc2c2c3ccsc3ccc21. The summed E-state index contributed by atoms with van der Waals surface area (Å²) in [5.41, 5.74) is 4.30. The van der Waals surface area contributed by atoms with Crippen LogP contribution in [0.25, 0.3) is 38.0 Å². The largest absolute Gasteiger partial charge is 0.300 e. The normalized spacial score (nSPS) is 11.8. The smallest absolute Gasteiger partial charge is 0.100 e. The number of para-hydroxylation sites is 2. The first-order chi connectivity index (χ1) is 12.9. The minimum absolute atomic E-state index is 0.921. The number of hydrogen-bond donors (Lipinski definition) is 0. The fourth-order valence-electron chi connectivity index (χ4n) is 3.56. The summed E-state index contributed by atoms with van der Waals surface area (Å²) in [5, 5.41) is 6.02. The zero-order valence-corrected chi connectivity index (χ0v) is 14.9. The summed E-state index contributed by atoms with van der Waals surface area (Å²) in [5.74, 6) is 0. The highest BCUT2D eigenvalue weighted by atomic mass is 32.1. The minimum atomic E-state index is 0.921. The molecule has 26 heavy (non-hydrogen) atoms. The van der Waals surface area contributed by atoms with E-state index in [9.17, 15) is 0 Å². The molecule has 0 aliphatic carbocycles. The summed E-state index contributed by atoms with van der Waals surface area (Å²) < 4.78 is 3.50. The van der Waals surface area contributed by atoms with Crippen molar-refractivity contribution in [3.05, 3.63) is 84.3 Å². The zero-order valence-electron chi connectivity index (χ0n) is 14.1. The molecule has 0 fully saturated rings. The lowest BCUT2D eigenvalue weighted by Gasteiger charge is -2.02. The number of nitrogens with zero attached hydrogens (tertiary/aromatic N) is 2. The summed E-state index contributed by atoms with van der Waals surface area (Å²) in [6.07, 6.45) is 3.76. The summed E-state index contributed by atoms with van der Waals surface area (Å²) in [6.45, 7) is 3.89. The van der Waals surface area contributed by atoms with Gasteiger partial charge in [0.1, 0.15) is 6.34 Å². The van der Waals surface area contributed by atoms with E-state index in [-0.39, 0.29) is 0 Å². The lowest BCUT2D eigenvalue weighted by atomic mass is 10.1. The average Bonchev–Trinajstić information content (AvgIpc) is 3.28. The van der Waals surface area contributed by atoms with Crippen LogP contribution in [-0.2, 0) is 0 Å². The maximum absolute atomic E-state index is 4.76. The predicted octanol–water partition coefficient (Wildman–Crippen LogP) is 6.86. The standard InChI is InChI=1S/C23H16N2S/c1-2-16-7-3-5-9-19(16)24-15-25-20-10-6-4-8-17(20)23-18-13-14-26-22(18)12-11-21(23)25/h2-15H,1H2/b24-15+. The molecule has 0 saturated carbocycles. The number of rotatable bonds is 3. The fourth-order valence-corrected chi connectivity index (χ4v) is 4.36. The first-order valence-corrected chi connectivity index (χ1v) is 9.39. The second kappa shape index (κ2) is 5.97. The molecule has 3 aromatic carbocycles. The maximum atomic E-state index is 4.76. The van der Waals surface area contributed by atoms with Crippen molar-refractivity contribution in [3.8, 4) is 0 Å². The maximum Gasteiger partial charge on any atom is 0.100 e. The molecule has 0 N–H and O–H groups in total. The lowest BCUT2D eigenvalue weighted by Crippen LogP contribution is -1.94. The molecule has 5 rings (SSSR count). The predicted molar refractivity (Wildman–Crippen MR) is 115 cm³/mol. The average molecular weight is 352 g/mol. The third-order valence-corrected chi connectivity index (χ3v) is 5.66. The molecule has 0 unspecified atom stereocenters. The van der Waals surface area contributed by atoms with Crippen molar-refractivity contribution in [2.75, 3.05) is 0 Å². The molecule has 0 aliphatic heterocycles. The Morgan fingerprint density at radius 3 is 2.62 bits per heavy atom. The van der Waals surface area contributed by atoms with Crippen molar-refractivity contribution < 1.29 is 0 Å². The second-order valence-corrected chi connectivity index (χ2v) is 7.13. The Morgan fingerprint density at radius 2 is 1.69 bits per heavy atom. The molecule has 0 atom stereocenters. The molecular formula is C23H16N2S. The molecule has 2 nitrogen and oxygen atoms in total. The molecule has 0 aliphatic rings. The van der Waals surface area contributed by atoms with Crippen LogP contribution in [0.5, 0.6) is 0 Å². The van der Waals surface area contributed by atoms with Crippen LogP contribution in [0.15, 0.2) is 83.7 Å². The molecule has 2 heterocycles. The molecule has 0 radical (unpaired) electrons. The highest BCUT2D eigenvalue weighted by molar-refractivity contribution is 7.17. The van der Waals surface area contributed by atoms with Crippen LogP contribution in [-0.4, -0.2) is 10.9 Å². The minimum Gasteiger partial charge on any atom is -0.300 e. The number of benzene rings is 3. The molecule has 0 amide bonds. The van der Waals surface area contributed by atoms with Gasteiger partial charge in [-0.2, -0.15) is 0 Å². The molecule has 0 spiro atoms. The van der Waals surface area contributed by atoms with Gasteiger partial charge in [-0.3, -0.25) is 4.57 Å². The number of thiophene rings is 1. The number of aromatic nitrogens is 1. The van der Waals surface area contributed by atoms with E-state index in [4.69, 9.17) is 4.99 Å². The van der Waals surface area contributed by atoms with Crippen LogP contribution in [0.4, 0.5) is 5.69 Å². The van der Waals surface area contributed by atoms with E-state index in [1.54, 1.807) is 11.3 Å². The van der Waals surface area contributed by atoms with Gasteiger partial charge in [-0.1, -0.05) is 49.1 Å². The number of fused-ring (bicyclic) bond motifs is 5. The highest BCUT2D eigenvalue weighted by Gasteiger charge is 2.12. The summed E-state index contributed by atoms with van der Waals surface area (Å²) in [4.78, 5) is 4.76. The van der Waals surface area contributed by atoms with Gasteiger partial charge in [0.05, 0.1) is 16.7 Å². The van der Waals surface area contributed by atoms with Crippen LogP contribution in [0.2, 0.25) is 0 Å². The third kappa shape index (κ3) is 2.21. The van der Waals surface area contributed by atoms with E-state index in [0.29, 0.717) is 0 Å². The van der Waals surface area contributed by atoms with E-state index >= 15 is 0 Å². The monoisotopic (exact) mass is 352 g/mol. The molecular weight excluding hydrogens is 336 g/mol. The second-order valence-electron chi connectivity index (χ2n) is 6.19. The van der Waals surface area contributed by atoms with Gasteiger partial charge in [0.25, 0.3) is 0 Å². The lowest BCUT2D eigenvalue weighted by molar-refractivity contribution is 1.30. The van der Waals surface area contributed by atoms with Gasteiger partial charge in [-0.25, -0.2) is 4.99 Å². The van der Waals surface area contributed by atoms with Crippen molar-refractivity contribution >= 4 is 61.3 Å². The van der Waals surface area contributed by atoms with E-state index in [1.165, 1.54) is 31.9 Å². The third-order valence-electron chi connectivity index (χ3n) is 4.77. The van der Waals surface area contributed by atoms with Crippen molar-refractivity contribution in [1.82, 2.24) is 4.57 Å². The van der Waals surface area contributed by atoms with E-state index in [0.717, 1.165) is 11.3 Å². The molecule has 2 aromatic heterocycles. The van der Waals surface area contributed by atoms with Gasteiger partial charge in [0.2, 0.25) is 0 Å². The van der Waals surface area contributed by atoms with E-state index < -0.39 is 0 Å². The Bertz CT molecular complexity index is 1300. The van der Waals surface area contributed by atoms with Crippen LogP contribution in [0.1, 0.15) is 5.56 Å². The first kappa shape index (κ1) is 15.1. The highest BCUT2D eigenvalue weighted by Crippen LogP contribution is 2.36. The van der Waals surface area contributed by atoms with Crippen LogP contribution < -0.4 is 0 Å². The Labute approximate surface area is 155 Å². The Hall–Kier alpha value is -3.17. The Morgan fingerprint density at radius 1 is 0.846 bits per heavy atom. The molecule has 5 aromatic rings. The van der Waals surface area contributed by atoms with Crippen LogP contribution >= 0.6 is 11.3 Å². The van der Waals surface area contributed by atoms with Crippen molar-refractivity contribution in [2.24, 2.45) is 4.99 Å². The topological polar surface area (TPSA) is 17.3 Å². The van der Waals surface area contributed by atoms with Crippen molar-refractivity contribution in [2.45, 2.75) is 0 Å². The van der Waals surface area contributed by atoms with Gasteiger partial charge in [0.15, 0.2) is 0 Å². The first-order valence-electron chi connectivity index (χ1n) is 8.51. The van der Waals surface area contributed by atoms with Gasteiger partial charge in [-0.15, -0.1) is 11.3 Å². The van der Waals surface area contributed by atoms with Crippen molar-refractivity contribution in [1.29, 1.82) is 0 Å². The zero-order chi connectivity index (χ0) is 17.5. The summed E-state index contributed by atoms with van der Waals surface area (Å²) in [7, 11) is 0. The quantitative estimate of drug-likeness (QED) is 0.249. The van der Waals surface area contributed by atoms with Crippen LogP contribution in [0.3, 0.4) is 0 Å². The van der Waals surface area contributed by atoms with Gasteiger partial charge < -0.3 is 0 Å². The van der Waals surface area contributed by atoms with Gasteiger partial charge in [-0.05, 0) is 41.3 Å².